The van der Waals surface area contributed by atoms with Crippen molar-refractivity contribution in [1.82, 2.24) is 4.31 Å². The first-order valence-corrected chi connectivity index (χ1v) is 6.18. The van der Waals surface area contributed by atoms with Gasteiger partial charge in [0.25, 0.3) is 0 Å². The van der Waals surface area contributed by atoms with Gasteiger partial charge >= 0.3 is 5.97 Å². The Hall–Kier alpha value is -1.00. The number of carbonyl (C=O) groups excluding carboxylic acids is 1. The number of hydrogen-bond donors (Lipinski definition) is 0. The molecule has 0 bridgehead atoms. The van der Waals surface area contributed by atoms with Gasteiger partial charge in [0.1, 0.15) is 0 Å². The van der Waals surface area contributed by atoms with Crippen molar-refractivity contribution in [2.45, 2.75) is 17.7 Å². The van der Waals surface area contributed by atoms with Crippen molar-refractivity contribution in [3.05, 3.63) is 29.8 Å². The standard InChI is InChI=1S/C12H15NO2S/c1-15-12(14)10-5-4-6-11(9-10)16-13-7-2-3-8-13/h4-6,9H,2-3,7-8H2,1H3. The van der Waals surface area contributed by atoms with Crippen LogP contribution in [0.4, 0.5) is 0 Å². The van der Waals surface area contributed by atoms with Crippen LogP contribution in [-0.4, -0.2) is 30.5 Å². The van der Waals surface area contributed by atoms with Gasteiger partial charge in [-0.2, -0.15) is 0 Å². The molecule has 1 aromatic rings. The van der Waals surface area contributed by atoms with Gasteiger partial charge < -0.3 is 4.74 Å². The summed E-state index contributed by atoms with van der Waals surface area (Å²) in [4.78, 5) is 12.5. The van der Waals surface area contributed by atoms with E-state index in [1.807, 2.05) is 18.2 Å². The third-order valence-electron chi connectivity index (χ3n) is 2.55. The van der Waals surface area contributed by atoms with Crippen LogP contribution in [0.1, 0.15) is 23.2 Å². The highest BCUT2D eigenvalue weighted by Gasteiger charge is 2.13. The maximum Gasteiger partial charge on any atom is 0.337 e. The van der Waals surface area contributed by atoms with Crippen LogP contribution >= 0.6 is 11.9 Å². The van der Waals surface area contributed by atoms with Crippen molar-refractivity contribution in [2.75, 3.05) is 20.2 Å². The summed E-state index contributed by atoms with van der Waals surface area (Å²) < 4.78 is 7.03. The van der Waals surface area contributed by atoms with E-state index >= 15 is 0 Å². The zero-order chi connectivity index (χ0) is 11.4. The molecule has 1 aliphatic rings. The Morgan fingerprint density at radius 2 is 2.12 bits per heavy atom. The highest BCUT2D eigenvalue weighted by Crippen LogP contribution is 2.27. The van der Waals surface area contributed by atoms with E-state index in [1.54, 1.807) is 18.0 Å². The lowest BCUT2D eigenvalue weighted by Gasteiger charge is -2.13. The molecule has 0 atom stereocenters. The molecule has 3 nitrogen and oxygen atoms in total. The van der Waals surface area contributed by atoms with Gasteiger partial charge in [-0.1, -0.05) is 6.07 Å². The van der Waals surface area contributed by atoms with Gasteiger partial charge in [0.05, 0.1) is 12.7 Å². The summed E-state index contributed by atoms with van der Waals surface area (Å²) in [5.74, 6) is -0.274. The molecule has 86 valence electrons. The average molecular weight is 237 g/mol. The third kappa shape index (κ3) is 2.77. The second-order valence-electron chi connectivity index (χ2n) is 3.75. The summed E-state index contributed by atoms with van der Waals surface area (Å²) in [5.41, 5.74) is 0.617. The van der Waals surface area contributed by atoms with Crippen molar-refractivity contribution in [3.63, 3.8) is 0 Å². The number of ether oxygens (including phenoxy) is 1. The third-order valence-corrected chi connectivity index (χ3v) is 3.64. The minimum atomic E-state index is -0.274. The number of benzene rings is 1. The summed E-state index contributed by atoms with van der Waals surface area (Å²) in [6, 6.07) is 7.58. The molecule has 0 aliphatic carbocycles. The molecule has 0 saturated carbocycles. The average Bonchev–Trinajstić information content (AvgIpc) is 2.81. The van der Waals surface area contributed by atoms with Crippen LogP contribution < -0.4 is 0 Å². The van der Waals surface area contributed by atoms with Gasteiger partial charge in [-0.05, 0) is 43.0 Å². The Balaban J connectivity index is 2.06. The molecule has 1 aromatic carbocycles. The molecule has 4 heteroatoms. The Labute approximate surface area is 99.9 Å². The largest absolute Gasteiger partial charge is 0.465 e. The van der Waals surface area contributed by atoms with Crippen LogP contribution in [0.15, 0.2) is 29.2 Å². The topological polar surface area (TPSA) is 29.5 Å². The van der Waals surface area contributed by atoms with Gasteiger partial charge in [-0.15, -0.1) is 0 Å². The Kier molecular flexibility index (Phi) is 3.85. The minimum absolute atomic E-state index is 0.274. The van der Waals surface area contributed by atoms with Crippen molar-refractivity contribution in [2.24, 2.45) is 0 Å². The van der Waals surface area contributed by atoms with Crippen LogP contribution in [0.25, 0.3) is 0 Å². The van der Waals surface area contributed by atoms with Crippen LogP contribution in [0, 0.1) is 0 Å². The van der Waals surface area contributed by atoms with Gasteiger partial charge in [0.2, 0.25) is 0 Å². The highest BCUT2D eigenvalue weighted by molar-refractivity contribution is 7.97. The van der Waals surface area contributed by atoms with Crippen molar-refractivity contribution < 1.29 is 9.53 Å². The molecule has 1 fully saturated rings. The number of nitrogens with zero attached hydrogens (tertiary/aromatic N) is 1. The van der Waals surface area contributed by atoms with E-state index in [0.717, 1.165) is 18.0 Å². The molecule has 1 aliphatic heterocycles. The van der Waals surface area contributed by atoms with Gasteiger partial charge in [-0.3, -0.25) is 0 Å². The van der Waals surface area contributed by atoms with Crippen LogP contribution in [-0.2, 0) is 4.74 Å². The predicted molar refractivity (Wildman–Crippen MR) is 64.4 cm³/mol. The Morgan fingerprint density at radius 3 is 2.81 bits per heavy atom. The van der Waals surface area contributed by atoms with E-state index in [0.29, 0.717) is 5.56 Å². The molecule has 0 unspecified atom stereocenters. The summed E-state index contributed by atoms with van der Waals surface area (Å²) in [7, 11) is 1.41. The molecule has 0 radical (unpaired) electrons. The van der Waals surface area contributed by atoms with Gasteiger partial charge in [-0.25, -0.2) is 9.10 Å². The molecule has 0 aromatic heterocycles. The second-order valence-corrected chi connectivity index (χ2v) is 4.92. The van der Waals surface area contributed by atoms with Crippen LogP contribution in [0.5, 0.6) is 0 Å². The number of carbonyl (C=O) groups is 1. The van der Waals surface area contributed by atoms with E-state index in [4.69, 9.17) is 4.74 Å². The van der Waals surface area contributed by atoms with Crippen LogP contribution in [0.2, 0.25) is 0 Å². The zero-order valence-corrected chi connectivity index (χ0v) is 10.1. The van der Waals surface area contributed by atoms with Crippen molar-refractivity contribution >= 4 is 17.9 Å². The molecule has 0 N–H and O–H groups in total. The fraction of sp³-hybridized carbons (Fsp3) is 0.417. The van der Waals surface area contributed by atoms with E-state index in [1.165, 1.54) is 20.0 Å². The molecular weight excluding hydrogens is 222 g/mol. The number of hydrogen-bond acceptors (Lipinski definition) is 4. The van der Waals surface area contributed by atoms with Crippen LogP contribution in [0.3, 0.4) is 0 Å². The molecule has 16 heavy (non-hydrogen) atoms. The van der Waals surface area contributed by atoms with Crippen molar-refractivity contribution in [3.8, 4) is 0 Å². The molecule has 0 spiro atoms. The molecule has 2 rings (SSSR count). The van der Waals surface area contributed by atoms with Gasteiger partial charge in [0, 0.05) is 18.0 Å². The normalized spacial score (nSPS) is 16.3. The molecule has 1 heterocycles. The Morgan fingerprint density at radius 1 is 1.38 bits per heavy atom. The fourth-order valence-corrected chi connectivity index (χ4v) is 2.78. The number of rotatable bonds is 3. The van der Waals surface area contributed by atoms with E-state index in [9.17, 15) is 4.79 Å². The highest BCUT2D eigenvalue weighted by atomic mass is 32.2. The van der Waals surface area contributed by atoms with E-state index in [2.05, 4.69) is 4.31 Å². The number of methoxy groups -OCH3 is 1. The Bertz CT molecular complexity index is 375. The minimum Gasteiger partial charge on any atom is -0.465 e. The summed E-state index contributed by atoms with van der Waals surface area (Å²) >= 11 is 1.72. The first-order chi connectivity index (χ1) is 7.79. The first kappa shape index (κ1) is 11.5. The quantitative estimate of drug-likeness (QED) is 0.597. The lowest BCUT2D eigenvalue weighted by Crippen LogP contribution is -2.09. The summed E-state index contributed by atoms with van der Waals surface area (Å²) in [5, 5.41) is 0. The maximum absolute atomic E-state index is 11.4. The second kappa shape index (κ2) is 5.37. The number of esters is 1. The summed E-state index contributed by atoms with van der Waals surface area (Å²) in [6.07, 6.45) is 2.54. The van der Waals surface area contributed by atoms with Crippen molar-refractivity contribution in [1.29, 1.82) is 0 Å². The fourth-order valence-electron chi connectivity index (χ4n) is 1.73. The first-order valence-electron chi connectivity index (χ1n) is 5.41. The van der Waals surface area contributed by atoms with E-state index < -0.39 is 0 Å². The predicted octanol–water partition coefficient (Wildman–Crippen LogP) is 2.58. The lowest BCUT2D eigenvalue weighted by atomic mass is 10.2. The lowest BCUT2D eigenvalue weighted by molar-refractivity contribution is 0.0600. The van der Waals surface area contributed by atoms with Gasteiger partial charge in [0.15, 0.2) is 0 Å². The monoisotopic (exact) mass is 237 g/mol. The molecular formula is C12H15NO2S. The summed E-state index contributed by atoms with van der Waals surface area (Å²) in [6.45, 7) is 2.26. The zero-order valence-electron chi connectivity index (χ0n) is 9.31. The maximum atomic E-state index is 11.4. The molecule has 1 saturated heterocycles. The molecule has 0 amide bonds. The van der Waals surface area contributed by atoms with E-state index in [-0.39, 0.29) is 5.97 Å². The smallest absolute Gasteiger partial charge is 0.337 e. The SMILES string of the molecule is COC(=O)c1cccc(SN2CCCC2)c1.